The summed E-state index contributed by atoms with van der Waals surface area (Å²) in [6, 6.07) is 4.32. The summed E-state index contributed by atoms with van der Waals surface area (Å²) in [5.41, 5.74) is -0.0569. The van der Waals surface area contributed by atoms with Crippen LogP contribution in [0.5, 0.6) is 0 Å². The Bertz CT molecular complexity index is 869. The molecule has 1 spiro atoms. The highest BCUT2D eigenvalue weighted by molar-refractivity contribution is 5.73. The van der Waals surface area contributed by atoms with E-state index in [9.17, 15) is 17.6 Å². The van der Waals surface area contributed by atoms with Crippen LogP contribution in [0.4, 0.5) is 23.5 Å². The molecule has 0 radical (unpaired) electrons. The standard InChI is InChI=1S/C18H23FN4O2.C2HF3O2/c1-22(12-16-3-2-8-24-16)15-9-18(25-13-15)4-6-23(7-5-18)17-20-10-14(19)11-21-17;3-2(4,5)1(6)7/h2-3,8,10-11,15H,4-7,9,12-13H2,1H3;(H,6,7). The zero-order valence-electron chi connectivity index (χ0n) is 17.4. The van der Waals surface area contributed by atoms with Gasteiger partial charge in [0, 0.05) is 19.1 Å². The number of likely N-dealkylation sites (N-methyl/N-ethyl adjacent to an activating group) is 1. The van der Waals surface area contributed by atoms with Gasteiger partial charge in [0.2, 0.25) is 5.95 Å². The summed E-state index contributed by atoms with van der Waals surface area (Å²) in [4.78, 5) is 21.5. The van der Waals surface area contributed by atoms with Crippen molar-refractivity contribution in [3.8, 4) is 0 Å². The number of carboxylic acid groups (broad SMARTS) is 1. The van der Waals surface area contributed by atoms with Gasteiger partial charge >= 0.3 is 12.1 Å². The van der Waals surface area contributed by atoms with Crippen molar-refractivity contribution >= 4 is 11.9 Å². The molecule has 0 saturated carbocycles. The van der Waals surface area contributed by atoms with Crippen LogP contribution in [0.1, 0.15) is 25.0 Å². The number of rotatable bonds is 4. The fraction of sp³-hybridized carbons (Fsp3) is 0.550. The number of halogens is 4. The summed E-state index contributed by atoms with van der Waals surface area (Å²) >= 11 is 0. The lowest BCUT2D eigenvalue weighted by atomic mass is 9.87. The number of piperidine rings is 1. The van der Waals surface area contributed by atoms with E-state index in [0.29, 0.717) is 12.0 Å². The fourth-order valence-corrected chi connectivity index (χ4v) is 3.81. The Balaban J connectivity index is 0.000000360. The minimum atomic E-state index is -5.08. The molecule has 4 heterocycles. The van der Waals surface area contributed by atoms with Crippen LogP contribution in [0.15, 0.2) is 35.2 Å². The molecule has 2 saturated heterocycles. The molecule has 4 rings (SSSR count). The number of carbonyl (C=O) groups is 1. The summed E-state index contributed by atoms with van der Waals surface area (Å²) < 4.78 is 56.4. The third-order valence-electron chi connectivity index (χ3n) is 5.60. The van der Waals surface area contributed by atoms with Crippen LogP contribution in [0.25, 0.3) is 0 Å². The highest BCUT2D eigenvalue weighted by Crippen LogP contribution is 2.38. The number of ether oxygens (including phenoxy) is 1. The number of nitrogens with zero attached hydrogens (tertiary/aromatic N) is 4. The van der Waals surface area contributed by atoms with E-state index in [0.717, 1.165) is 51.3 Å². The van der Waals surface area contributed by atoms with Gasteiger partial charge in [-0.25, -0.2) is 19.2 Å². The Morgan fingerprint density at radius 2 is 1.94 bits per heavy atom. The van der Waals surface area contributed by atoms with Gasteiger partial charge in [0.05, 0.1) is 37.4 Å². The minimum Gasteiger partial charge on any atom is -0.475 e. The van der Waals surface area contributed by atoms with Crippen LogP contribution in [0.3, 0.4) is 0 Å². The third kappa shape index (κ3) is 6.16. The molecule has 2 aliphatic heterocycles. The second kappa shape index (κ2) is 9.82. The molecule has 12 heteroatoms. The number of aliphatic carboxylic acids is 1. The van der Waals surface area contributed by atoms with Gasteiger partial charge in [-0.2, -0.15) is 13.2 Å². The molecule has 1 N–H and O–H groups in total. The second-order valence-electron chi connectivity index (χ2n) is 7.84. The maximum atomic E-state index is 13.0. The Morgan fingerprint density at radius 3 is 2.47 bits per heavy atom. The van der Waals surface area contributed by atoms with E-state index in [1.165, 1.54) is 12.4 Å². The first-order chi connectivity index (χ1) is 15.1. The van der Waals surface area contributed by atoms with Gasteiger partial charge in [0.15, 0.2) is 5.82 Å². The maximum Gasteiger partial charge on any atom is 0.490 e. The number of furan rings is 1. The molecular formula is C20H24F4N4O4. The van der Waals surface area contributed by atoms with Crippen molar-refractivity contribution in [2.45, 2.75) is 43.6 Å². The predicted octanol–water partition coefficient (Wildman–Crippen LogP) is 3.10. The van der Waals surface area contributed by atoms with Gasteiger partial charge < -0.3 is 19.2 Å². The third-order valence-corrected chi connectivity index (χ3v) is 5.60. The highest BCUT2D eigenvalue weighted by Gasteiger charge is 2.44. The Hall–Kier alpha value is -2.73. The summed E-state index contributed by atoms with van der Waals surface area (Å²) in [6.07, 6.45) is 1.99. The molecule has 0 aromatic carbocycles. The molecule has 2 aliphatic rings. The zero-order valence-corrected chi connectivity index (χ0v) is 17.4. The monoisotopic (exact) mass is 460 g/mol. The molecule has 8 nitrogen and oxygen atoms in total. The average Bonchev–Trinajstić information content (AvgIpc) is 3.40. The smallest absolute Gasteiger partial charge is 0.475 e. The SMILES string of the molecule is CN(Cc1ccco1)C1COC2(CCN(c3ncc(F)cn3)CC2)C1.O=C(O)C(F)(F)F. The van der Waals surface area contributed by atoms with Crippen LogP contribution in [0, 0.1) is 5.82 Å². The number of carboxylic acids is 1. The van der Waals surface area contributed by atoms with Crippen molar-refractivity contribution in [3.05, 3.63) is 42.4 Å². The zero-order chi connectivity index (χ0) is 23.4. The van der Waals surface area contributed by atoms with Crippen LogP contribution < -0.4 is 4.90 Å². The van der Waals surface area contributed by atoms with Crippen molar-refractivity contribution in [1.82, 2.24) is 14.9 Å². The Labute approximate surface area is 181 Å². The van der Waals surface area contributed by atoms with Gasteiger partial charge in [-0.05, 0) is 38.4 Å². The summed E-state index contributed by atoms with van der Waals surface area (Å²) in [5.74, 6) is -1.58. The van der Waals surface area contributed by atoms with Crippen molar-refractivity contribution in [2.24, 2.45) is 0 Å². The maximum absolute atomic E-state index is 13.0. The largest absolute Gasteiger partial charge is 0.490 e. The lowest BCUT2D eigenvalue weighted by Crippen LogP contribution is -2.45. The molecule has 2 aromatic rings. The molecule has 2 fully saturated rings. The summed E-state index contributed by atoms with van der Waals surface area (Å²) in [5, 5.41) is 7.12. The van der Waals surface area contributed by atoms with Gasteiger partial charge in [-0.1, -0.05) is 0 Å². The molecule has 32 heavy (non-hydrogen) atoms. The molecular weight excluding hydrogens is 436 g/mol. The normalized spacial score (nSPS) is 20.3. The number of alkyl halides is 3. The molecule has 1 unspecified atom stereocenters. The van der Waals surface area contributed by atoms with Crippen LogP contribution in [0.2, 0.25) is 0 Å². The quantitative estimate of drug-likeness (QED) is 0.696. The molecule has 0 amide bonds. The van der Waals surface area contributed by atoms with Gasteiger partial charge in [-0.3, -0.25) is 4.90 Å². The summed E-state index contributed by atoms with van der Waals surface area (Å²) in [7, 11) is 2.12. The fourth-order valence-electron chi connectivity index (χ4n) is 3.81. The van der Waals surface area contributed by atoms with Crippen LogP contribution >= 0.6 is 0 Å². The van der Waals surface area contributed by atoms with E-state index in [2.05, 4.69) is 26.8 Å². The Morgan fingerprint density at radius 1 is 1.31 bits per heavy atom. The summed E-state index contributed by atoms with van der Waals surface area (Å²) in [6.45, 7) is 3.22. The van der Waals surface area contributed by atoms with Crippen LogP contribution in [-0.2, 0) is 16.1 Å². The van der Waals surface area contributed by atoms with E-state index >= 15 is 0 Å². The van der Waals surface area contributed by atoms with Crippen molar-refractivity contribution in [2.75, 3.05) is 31.6 Å². The Kier molecular flexibility index (Phi) is 7.34. The van der Waals surface area contributed by atoms with E-state index in [4.69, 9.17) is 19.1 Å². The molecule has 0 bridgehead atoms. The van der Waals surface area contributed by atoms with E-state index in [1.54, 1.807) is 6.26 Å². The molecule has 0 aliphatic carbocycles. The van der Waals surface area contributed by atoms with Crippen molar-refractivity contribution < 1.29 is 36.6 Å². The number of anilines is 1. The van der Waals surface area contributed by atoms with E-state index < -0.39 is 18.0 Å². The molecule has 1 atom stereocenters. The number of aromatic nitrogens is 2. The molecule has 176 valence electrons. The highest BCUT2D eigenvalue weighted by atomic mass is 19.4. The van der Waals surface area contributed by atoms with Gasteiger partial charge in [-0.15, -0.1) is 0 Å². The first kappa shape index (κ1) is 23.9. The number of hydrogen-bond acceptors (Lipinski definition) is 7. The lowest BCUT2D eigenvalue weighted by Gasteiger charge is -2.38. The predicted molar refractivity (Wildman–Crippen MR) is 104 cm³/mol. The van der Waals surface area contributed by atoms with Crippen LogP contribution in [-0.4, -0.2) is 70.5 Å². The van der Waals surface area contributed by atoms with Gasteiger partial charge in [0.1, 0.15) is 5.76 Å². The van der Waals surface area contributed by atoms with Gasteiger partial charge in [0.25, 0.3) is 0 Å². The molecule has 2 aromatic heterocycles. The number of hydrogen-bond donors (Lipinski definition) is 1. The van der Waals surface area contributed by atoms with Crippen molar-refractivity contribution in [3.63, 3.8) is 0 Å². The second-order valence-corrected chi connectivity index (χ2v) is 7.84. The van der Waals surface area contributed by atoms with E-state index in [1.807, 2.05) is 12.1 Å². The van der Waals surface area contributed by atoms with E-state index in [-0.39, 0.29) is 5.60 Å². The topological polar surface area (TPSA) is 91.9 Å². The lowest BCUT2D eigenvalue weighted by molar-refractivity contribution is -0.192. The minimum absolute atomic E-state index is 0.0569. The average molecular weight is 460 g/mol. The first-order valence-electron chi connectivity index (χ1n) is 9.97. The first-order valence-corrected chi connectivity index (χ1v) is 9.97. The van der Waals surface area contributed by atoms with Crippen molar-refractivity contribution in [1.29, 1.82) is 0 Å².